The predicted molar refractivity (Wildman–Crippen MR) is 90.8 cm³/mol. The average molecular weight is 353 g/mol. The minimum Gasteiger partial charge on any atom is -0.365 e. The Bertz CT molecular complexity index is 740. The molecule has 2 amide bonds. The second kappa shape index (κ2) is 6.20. The average Bonchev–Trinajstić information content (AvgIpc) is 2.78. The second-order valence-corrected chi connectivity index (χ2v) is 6.42. The van der Waals surface area contributed by atoms with E-state index in [1.165, 1.54) is 4.90 Å². The van der Waals surface area contributed by atoms with E-state index >= 15 is 0 Å². The summed E-state index contributed by atoms with van der Waals surface area (Å²) in [7, 11) is 0. The number of hydrogen-bond acceptors (Lipinski definition) is 4. The zero-order valence-electron chi connectivity index (χ0n) is 11.1. The molecule has 0 aromatic heterocycles. The Hall–Kier alpha value is -1.69. The molecule has 4 nitrogen and oxygen atoms in total. The molecule has 0 aliphatic carbocycles. The number of nitrogens with one attached hydrogen (secondary N) is 1. The zero-order valence-corrected chi connectivity index (χ0v) is 13.5. The van der Waals surface area contributed by atoms with E-state index in [1.807, 2.05) is 6.07 Å². The van der Waals surface area contributed by atoms with E-state index in [-0.39, 0.29) is 11.1 Å². The Morgan fingerprint density at radius 2 is 1.73 bits per heavy atom. The Labute approximate surface area is 141 Å². The van der Waals surface area contributed by atoms with Gasteiger partial charge in [0.05, 0.1) is 15.7 Å². The van der Waals surface area contributed by atoms with Crippen LogP contribution in [0.1, 0.15) is 0 Å². The van der Waals surface area contributed by atoms with Crippen molar-refractivity contribution in [1.82, 2.24) is 0 Å². The fourth-order valence-corrected chi connectivity index (χ4v) is 3.25. The van der Waals surface area contributed by atoms with E-state index in [4.69, 9.17) is 23.2 Å². The highest BCUT2D eigenvalue weighted by molar-refractivity contribution is 8.16. The number of benzene rings is 2. The first-order chi connectivity index (χ1) is 10.6. The topological polar surface area (TPSA) is 49.4 Å². The third-order valence-electron chi connectivity index (χ3n) is 3.08. The van der Waals surface area contributed by atoms with Gasteiger partial charge in [-0.1, -0.05) is 41.4 Å². The molecule has 7 heteroatoms. The fourth-order valence-electron chi connectivity index (χ4n) is 2.05. The van der Waals surface area contributed by atoms with Gasteiger partial charge in [-0.05, 0) is 42.1 Å². The maximum atomic E-state index is 12.4. The molecule has 3 rings (SSSR count). The quantitative estimate of drug-likeness (QED) is 0.874. The summed E-state index contributed by atoms with van der Waals surface area (Å²) >= 11 is 12.7. The predicted octanol–water partition coefficient (Wildman–Crippen LogP) is 4.63. The molecule has 112 valence electrons. The van der Waals surface area contributed by atoms with Gasteiger partial charge in [-0.25, -0.2) is 4.90 Å². The molecule has 2 aromatic rings. The van der Waals surface area contributed by atoms with Crippen LogP contribution in [0, 0.1) is 0 Å². The van der Waals surface area contributed by atoms with Gasteiger partial charge in [0.1, 0.15) is 0 Å². The molecular formula is C15H10Cl2N2O2S. The Balaban J connectivity index is 1.80. The van der Waals surface area contributed by atoms with Crippen LogP contribution in [0.4, 0.5) is 16.2 Å². The van der Waals surface area contributed by atoms with Crippen LogP contribution in [-0.2, 0) is 4.79 Å². The van der Waals surface area contributed by atoms with Crippen LogP contribution in [-0.4, -0.2) is 16.5 Å². The molecule has 1 heterocycles. The van der Waals surface area contributed by atoms with Crippen LogP contribution in [0.3, 0.4) is 0 Å². The molecule has 0 radical (unpaired) electrons. The Morgan fingerprint density at radius 3 is 2.41 bits per heavy atom. The number of thioether (sulfide) groups is 1. The second-order valence-electron chi connectivity index (χ2n) is 4.55. The Kier molecular flexibility index (Phi) is 4.29. The van der Waals surface area contributed by atoms with Gasteiger partial charge in [0.15, 0.2) is 5.37 Å². The number of carbonyl (C=O) groups excluding carboxylic acids is 2. The molecule has 1 fully saturated rings. The summed E-state index contributed by atoms with van der Waals surface area (Å²) in [5, 5.41) is 2.81. The monoisotopic (exact) mass is 352 g/mol. The number of halogens is 2. The highest BCUT2D eigenvalue weighted by Gasteiger charge is 2.40. The van der Waals surface area contributed by atoms with E-state index in [1.54, 1.807) is 42.5 Å². The fraction of sp³-hybridized carbons (Fsp3) is 0.0667. The van der Waals surface area contributed by atoms with Gasteiger partial charge in [-0.15, -0.1) is 0 Å². The largest absolute Gasteiger partial charge is 0.365 e. The lowest BCUT2D eigenvalue weighted by Gasteiger charge is -2.15. The molecule has 22 heavy (non-hydrogen) atoms. The maximum Gasteiger partial charge on any atom is 0.295 e. The van der Waals surface area contributed by atoms with Gasteiger partial charge >= 0.3 is 0 Å². The van der Waals surface area contributed by atoms with E-state index in [0.29, 0.717) is 21.4 Å². The molecule has 1 atom stereocenters. The Morgan fingerprint density at radius 1 is 1.00 bits per heavy atom. The molecule has 1 saturated heterocycles. The number of anilines is 2. The summed E-state index contributed by atoms with van der Waals surface area (Å²) in [5.41, 5.74) is 1.19. The SMILES string of the molecule is O=C1SC(Nc2ccc(Cl)c(Cl)c2)C(=O)N1c1ccccc1. The molecule has 1 unspecified atom stereocenters. The van der Waals surface area contributed by atoms with Gasteiger partial charge in [0, 0.05) is 5.69 Å². The summed E-state index contributed by atoms with van der Waals surface area (Å²) in [5.74, 6) is -0.313. The van der Waals surface area contributed by atoms with Crippen molar-refractivity contribution in [1.29, 1.82) is 0 Å². The van der Waals surface area contributed by atoms with Crippen LogP contribution in [0.25, 0.3) is 0 Å². The van der Waals surface area contributed by atoms with Gasteiger partial charge < -0.3 is 5.32 Å². The van der Waals surface area contributed by atoms with Gasteiger partial charge in [-0.2, -0.15) is 0 Å². The number of imide groups is 1. The number of para-hydroxylation sites is 1. The summed E-state index contributed by atoms with van der Waals surface area (Å²) in [6.45, 7) is 0. The summed E-state index contributed by atoms with van der Waals surface area (Å²) in [6, 6.07) is 13.8. The lowest BCUT2D eigenvalue weighted by Crippen LogP contribution is -2.34. The summed E-state index contributed by atoms with van der Waals surface area (Å²) in [4.78, 5) is 25.7. The normalized spacial score (nSPS) is 17.9. The van der Waals surface area contributed by atoms with E-state index < -0.39 is 5.37 Å². The molecule has 0 saturated carbocycles. The number of rotatable bonds is 3. The smallest absolute Gasteiger partial charge is 0.295 e. The van der Waals surface area contributed by atoms with E-state index in [9.17, 15) is 9.59 Å². The molecular weight excluding hydrogens is 343 g/mol. The molecule has 1 aliphatic heterocycles. The number of carbonyl (C=O) groups is 2. The third-order valence-corrected chi connectivity index (χ3v) is 4.76. The standard InChI is InChI=1S/C15H10Cl2N2O2S/c16-11-7-6-9(8-12(11)17)18-13-14(20)19(15(21)22-13)10-4-2-1-3-5-10/h1-8,13,18H. The minimum absolute atomic E-state index is 0.311. The van der Waals surface area contributed by atoms with Crippen LogP contribution in [0.5, 0.6) is 0 Å². The summed E-state index contributed by atoms with van der Waals surface area (Å²) in [6.07, 6.45) is 0. The molecule has 0 bridgehead atoms. The van der Waals surface area contributed by atoms with Crippen molar-refractivity contribution >= 4 is 57.5 Å². The van der Waals surface area contributed by atoms with Crippen molar-refractivity contribution in [3.05, 3.63) is 58.6 Å². The highest BCUT2D eigenvalue weighted by atomic mass is 35.5. The number of hydrogen-bond donors (Lipinski definition) is 1. The number of nitrogens with zero attached hydrogens (tertiary/aromatic N) is 1. The highest BCUT2D eigenvalue weighted by Crippen LogP contribution is 2.33. The van der Waals surface area contributed by atoms with Gasteiger partial charge in [-0.3, -0.25) is 9.59 Å². The van der Waals surface area contributed by atoms with Crippen molar-refractivity contribution in [2.24, 2.45) is 0 Å². The van der Waals surface area contributed by atoms with Crippen molar-refractivity contribution in [2.45, 2.75) is 5.37 Å². The minimum atomic E-state index is -0.690. The molecule has 1 aliphatic rings. The lowest BCUT2D eigenvalue weighted by molar-refractivity contribution is -0.116. The first-order valence-corrected chi connectivity index (χ1v) is 8.01. The molecule has 0 spiro atoms. The summed E-state index contributed by atoms with van der Waals surface area (Å²) < 4.78 is 0. The van der Waals surface area contributed by atoms with Gasteiger partial charge in [0.2, 0.25) is 0 Å². The molecule has 1 N–H and O–H groups in total. The van der Waals surface area contributed by atoms with Crippen LogP contribution < -0.4 is 10.2 Å². The van der Waals surface area contributed by atoms with Crippen molar-refractivity contribution in [3.8, 4) is 0 Å². The van der Waals surface area contributed by atoms with Crippen molar-refractivity contribution in [2.75, 3.05) is 10.2 Å². The third kappa shape index (κ3) is 2.92. The van der Waals surface area contributed by atoms with E-state index in [2.05, 4.69) is 5.32 Å². The van der Waals surface area contributed by atoms with E-state index in [0.717, 1.165) is 11.8 Å². The van der Waals surface area contributed by atoms with Crippen molar-refractivity contribution in [3.63, 3.8) is 0 Å². The lowest BCUT2D eigenvalue weighted by atomic mass is 10.3. The van der Waals surface area contributed by atoms with Crippen LogP contribution >= 0.6 is 35.0 Å². The molecule has 2 aromatic carbocycles. The number of amides is 2. The van der Waals surface area contributed by atoms with Crippen LogP contribution in [0.2, 0.25) is 10.0 Å². The zero-order chi connectivity index (χ0) is 15.7. The van der Waals surface area contributed by atoms with Crippen molar-refractivity contribution < 1.29 is 9.59 Å². The van der Waals surface area contributed by atoms with Gasteiger partial charge in [0.25, 0.3) is 11.1 Å². The maximum absolute atomic E-state index is 12.4. The first kappa shape index (κ1) is 15.2. The van der Waals surface area contributed by atoms with Crippen LogP contribution in [0.15, 0.2) is 48.5 Å². The first-order valence-electron chi connectivity index (χ1n) is 6.37.